The summed E-state index contributed by atoms with van der Waals surface area (Å²) in [7, 11) is 0. The van der Waals surface area contributed by atoms with Gasteiger partial charge in [-0.2, -0.15) is 0 Å². The van der Waals surface area contributed by atoms with Gasteiger partial charge in [-0.15, -0.1) is 0 Å². The van der Waals surface area contributed by atoms with Crippen LogP contribution in [-0.2, 0) is 17.8 Å². The number of nitrogens with one attached hydrogen (secondary N) is 1. The average molecular weight is 383 g/mol. The summed E-state index contributed by atoms with van der Waals surface area (Å²) in [6.07, 6.45) is 1.92. The smallest absolute Gasteiger partial charge is 0.229 e. The highest BCUT2D eigenvalue weighted by Gasteiger charge is 2.10. The maximum absolute atomic E-state index is 12.5. The van der Waals surface area contributed by atoms with Gasteiger partial charge >= 0.3 is 0 Å². The number of carbonyl (C=O) groups excluding carboxylic acids is 1. The third kappa shape index (κ3) is 4.31. The van der Waals surface area contributed by atoms with E-state index in [9.17, 15) is 4.79 Å². The zero-order valence-electron chi connectivity index (χ0n) is 16.1. The molecule has 1 amide bonds. The summed E-state index contributed by atoms with van der Waals surface area (Å²) in [4.78, 5) is 21.4. The third-order valence-corrected chi connectivity index (χ3v) is 4.82. The van der Waals surface area contributed by atoms with Gasteiger partial charge in [-0.1, -0.05) is 66.7 Å². The Morgan fingerprint density at radius 1 is 0.966 bits per heavy atom. The molecule has 1 heterocycles. The van der Waals surface area contributed by atoms with E-state index in [-0.39, 0.29) is 18.9 Å². The second kappa shape index (κ2) is 8.20. The Labute approximate surface area is 169 Å². The van der Waals surface area contributed by atoms with Gasteiger partial charge in [0.1, 0.15) is 0 Å². The molecule has 0 aliphatic heterocycles. The molecule has 0 unspecified atom stereocenters. The van der Waals surface area contributed by atoms with E-state index in [0.29, 0.717) is 11.5 Å². The fourth-order valence-electron chi connectivity index (χ4n) is 3.23. The lowest BCUT2D eigenvalue weighted by Gasteiger charge is -2.09. The SMILES string of the molecule is Cc1nc(-c2ccc(CO)cc2)cnc1NC(=O)Cc1ccc2ccccc2c1. The van der Waals surface area contributed by atoms with Gasteiger partial charge in [-0.25, -0.2) is 9.97 Å². The van der Waals surface area contributed by atoms with Gasteiger partial charge in [0.05, 0.1) is 30.6 Å². The van der Waals surface area contributed by atoms with E-state index in [0.717, 1.165) is 33.2 Å². The van der Waals surface area contributed by atoms with E-state index >= 15 is 0 Å². The van der Waals surface area contributed by atoms with Crippen molar-refractivity contribution in [1.29, 1.82) is 0 Å². The van der Waals surface area contributed by atoms with Crippen molar-refractivity contribution in [2.24, 2.45) is 0 Å². The predicted molar refractivity (Wildman–Crippen MR) is 114 cm³/mol. The van der Waals surface area contributed by atoms with Crippen LogP contribution >= 0.6 is 0 Å². The Hall–Kier alpha value is -3.57. The Morgan fingerprint density at radius 3 is 2.41 bits per heavy atom. The third-order valence-electron chi connectivity index (χ3n) is 4.82. The lowest BCUT2D eigenvalue weighted by atomic mass is 10.0. The van der Waals surface area contributed by atoms with E-state index in [4.69, 9.17) is 5.11 Å². The van der Waals surface area contributed by atoms with Gasteiger partial charge in [0.25, 0.3) is 0 Å². The summed E-state index contributed by atoms with van der Waals surface area (Å²) >= 11 is 0. The number of rotatable bonds is 5. The number of carbonyl (C=O) groups is 1. The molecule has 0 radical (unpaired) electrons. The molecule has 0 aliphatic rings. The molecule has 0 fully saturated rings. The Morgan fingerprint density at radius 2 is 1.69 bits per heavy atom. The molecular formula is C24H21N3O2. The number of hydrogen-bond acceptors (Lipinski definition) is 4. The van der Waals surface area contributed by atoms with Crippen LogP contribution in [0.3, 0.4) is 0 Å². The van der Waals surface area contributed by atoms with Crippen molar-refractivity contribution >= 4 is 22.5 Å². The topological polar surface area (TPSA) is 75.1 Å². The highest BCUT2D eigenvalue weighted by atomic mass is 16.3. The van der Waals surface area contributed by atoms with Crippen LogP contribution in [0.4, 0.5) is 5.82 Å². The van der Waals surface area contributed by atoms with Crippen molar-refractivity contribution in [3.05, 3.63) is 89.7 Å². The molecule has 0 saturated carbocycles. The van der Waals surface area contributed by atoms with Gasteiger partial charge in [-0.05, 0) is 28.8 Å². The second-order valence-corrected chi connectivity index (χ2v) is 6.95. The molecule has 144 valence electrons. The molecule has 4 rings (SSSR count). The summed E-state index contributed by atoms with van der Waals surface area (Å²) in [5, 5.41) is 14.3. The lowest BCUT2D eigenvalue weighted by molar-refractivity contribution is -0.115. The molecule has 0 bridgehead atoms. The number of benzene rings is 3. The standard InChI is InChI=1S/C24H21N3O2/c1-16-24(25-14-22(26-16)20-10-6-17(15-28)7-11-20)27-23(29)13-18-8-9-19-4-2-3-5-21(19)12-18/h2-12,14,28H,13,15H2,1H3,(H,25,27,29). The van der Waals surface area contributed by atoms with E-state index in [2.05, 4.69) is 21.4 Å². The van der Waals surface area contributed by atoms with Gasteiger partial charge in [-0.3, -0.25) is 4.79 Å². The van der Waals surface area contributed by atoms with Gasteiger partial charge in [0.2, 0.25) is 5.91 Å². The predicted octanol–water partition coefficient (Wildman–Crippen LogP) is 4.28. The summed E-state index contributed by atoms with van der Waals surface area (Å²) < 4.78 is 0. The number of aromatic nitrogens is 2. The van der Waals surface area contributed by atoms with Crippen LogP contribution < -0.4 is 5.32 Å². The van der Waals surface area contributed by atoms with Crippen LogP contribution in [0.1, 0.15) is 16.8 Å². The molecule has 0 spiro atoms. The van der Waals surface area contributed by atoms with E-state index < -0.39 is 0 Å². The van der Waals surface area contributed by atoms with Gasteiger partial charge in [0.15, 0.2) is 5.82 Å². The molecule has 29 heavy (non-hydrogen) atoms. The van der Waals surface area contributed by atoms with Crippen LogP contribution in [0.25, 0.3) is 22.0 Å². The van der Waals surface area contributed by atoms with Crippen molar-refractivity contribution in [1.82, 2.24) is 9.97 Å². The Bertz CT molecular complexity index is 1170. The van der Waals surface area contributed by atoms with Crippen molar-refractivity contribution in [3.8, 4) is 11.3 Å². The average Bonchev–Trinajstić information content (AvgIpc) is 2.75. The number of anilines is 1. The summed E-state index contributed by atoms with van der Waals surface area (Å²) in [6, 6.07) is 21.6. The van der Waals surface area contributed by atoms with E-state index in [1.54, 1.807) is 6.20 Å². The minimum Gasteiger partial charge on any atom is -0.392 e. The fraction of sp³-hybridized carbons (Fsp3) is 0.125. The molecule has 0 atom stereocenters. The van der Waals surface area contributed by atoms with Crippen LogP contribution in [-0.4, -0.2) is 21.0 Å². The first-order valence-electron chi connectivity index (χ1n) is 9.44. The normalized spacial score (nSPS) is 10.8. The number of fused-ring (bicyclic) bond motifs is 1. The zero-order chi connectivity index (χ0) is 20.2. The molecule has 0 saturated heterocycles. The molecular weight excluding hydrogens is 362 g/mol. The van der Waals surface area contributed by atoms with Crippen LogP contribution in [0.15, 0.2) is 72.9 Å². The molecule has 4 aromatic rings. The molecule has 2 N–H and O–H groups in total. The maximum Gasteiger partial charge on any atom is 0.229 e. The first kappa shape index (κ1) is 18.8. The fourth-order valence-corrected chi connectivity index (χ4v) is 3.23. The summed E-state index contributed by atoms with van der Waals surface area (Å²) in [5.74, 6) is 0.337. The summed E-state index contributed by atoms with van der Waals surface area (Å²) in [6.45, 7) is 1.83. The molecule has 0 aliphatic carbocycles. The molecule has 3 aromatic carbocycles. The largest absolute Gasteiger partial charge is 0.392 e. The number of aliphatic hydroxyl groups excluding tert-OH is 1. The number of aliphatic hydroxyl groups is 1. The van der Waals surface area contributed by atoms with Crippen molar-refractivity contribution < 1.29 is 9.90 Å². The highest BCUT2D eigenvalue weighted by Crippen LogP contribution is 2.20. The van der Waals surface area contributed by atoms with E-state index in [1.165, 1.54) is 0 Å². The minimum atomic E-state index is -0.127. The van der Waals surface area contributed by atoms with Crippen LogP contribution in [0.2, 0.25) is 0 Å². The number of nitrogens with zero attached hydrogens (tertiary/aromatic N) is 2. The van der Waals surface area contributed by atoms with E-state index in [1.807, 2.05) is 67.6 Å². The highest BCUT2D eigenvalue weighted by molar-refractivity contribution is 5.93. The Kier molecular flexibility index (Phi) is 5.31. The van der Waals surface area contributed by atoms with Gasteiger partial charge in [0, 0.05) is 5.56 Å². The lowest BCUT2D eigenvalue weighted by Crippen LogP contribution is -2.16. The number of hydrogen-bond donors (Lipinski definition) is 2. The molecule has 5 heteroatoms. The summed E-state index contributed by atoms with van der Waals surface area (Å²) in [5.41, 5.74) is 4.08. The quantitative estimate of drug-likeness (QED) is 0.539. The Balaban J connectivity index is 1.47. The van der Waals surface area contributed by atoms with Crippen molar-refractivity contribution in [2.45, 2.75) is 20.0 Å². The molecule has 5 nitrogen and oxygen atoms in total. The molecule has 1 aromatic heterocycles. The monoisotopic (exact) mass is 383 g/mol. The first-order valence-corrected chi connectivity index (χ1v) is 9.44. The van der Waals surface area contributed by atoms with Gasteiger partial charge < -0.3 is 10.4 Å². The van der Waals surface area contributed by atoms with Crippen LogP contribution in [0.5, 0.6) is 0 Å². The zero-order valence-corrected chi connectivity index (χ0v) is 16.1. The van der Waals surface area contributed by atoms with Crippen LogP contribution in [0, 0.1) is 6.92 Å². The van der Waals surface area contributed by atoms with Crippen molar-refractivity contribution in [3.63, 3.8) is 0 Å². The number of amides is 1. The maximum atomic E-state index is 12.5. The minimum absolute atomic E-state index is 0.00711. The second-order valence-electron chi connectivity index (χ2n) is 6.95. The van der Waals surface area contributed by atoms with Crippen molar-refractivity contribution in [2.75, 3.05) is 5.32 Å². The first-order chi connectivity index (χ1) is 14.1. The number of aryl methyl sites for hydroxylation is 1.